The second kappa shape index (κ2) is 4.63. The molecule has 86 valence electrons. The molecule has 0 aliphatic rings. The fraction of sp³-hybridized carbons (Fsp3) is 0.417. The van der Waals surface area contributed by atoms with E-state index < -0.39 is 0 Å². The smallest absolute Gasteiger partial charge is 0.125 e. The maximum atomic E-state index is 4.63. The van der Waals surface area contributed by atoms with E-state index in [0.29, 0.717) is 0 Å². The average molecular weight is 218 g/mol. The number of benzene rings is 1. The molecule has 0 radical (unpaired) electrons. The molecule has 4 nitrogen and oxygen atoms in total. The maximum Gasteiger partial charge on any atom is 0.125 e. The van der Waals surface area contributed by atoms with Crippen LogP contribution in [-0.2, 0) is 13.1 Å². The molecule has 0 fully saturated rings. The Morgan fingerprint density at radius 2 is 2.06 bits per heavy atom. The summed E-state index contributed by atoms with van der Waals surface area (Å²) < 4.78 is 2.24. The van der Waals surface area contributed by atoms with E-state index in [1.54, 1.807) is 0 Å². The molecule has 1 aromatic carbocycles. The van der Waals surface area contributed by atoms with Gasteiger partial charge in [0.15, 0.2) is 0 Å². The second-order valence-electron chi connectivity index (χ2n) is 3.99. The highest BCUT2D eigenvalue weighted by atomic mass is 15.5. The first-order valence-electron chi connectivity index (χ1n) is 5.57. The van der Waals surface area contributed by atoms with E-state index in [2.05, 4.69) is 40.1 Å². The number of fused-ring (bicyclic) bond motifs is 1. The molecule has 1 heterocycles. The maximum absolute atomic E-state index is 4.63. The normalized spacial score (nSPS) is 11.5. The first-order chi connectivity index (χ1) is 7.72. The number of imidazole rings is 1. The van der Waals surface area contributed by atoms with Gasteiger partial charge < -0.3 is 4.57 Å². The number of nitrogens with one attached hydrogen (secondary N) is 1. The van der Waals surface area contributed by atoms with E-state index in [4.69, 9.17) is 0 Å². The summed E-state index contributed by atoms with van der Waals surface area (Å²) in [4.78, 5) is 4.63. The monoisotopic (exact) mass is 218 g/mol. The molecule has 0 aliphatic carbocycles. The summed E-state index contributed by atoms with van der Waals surface area (Å²) in [5.74, 6) is 1.08. The molecule has 1 aromatic heterocycles. The van der Waals surface area contributed by atoms with Crippen LogP contribution in [0.4, 0.5) is 0 Å². The molecule has 0 saturated carbocycles. The second-order valence-corrected chi connectivity index (χ2v) is 3.99. The van der Waals surface area contributed by atoms with Gasteiger partial charge in [-0.05, 0) is 19.1 Å². The molecule has 1 N–H and O–H groups in total. The highest BCUT2D eigenvalue weighted by Gasteiger charge is 2.08. The Balaban J connectivity index is 2.36. The number of hydrogen-bond donors (Lipinski definition) is 1. The fourth-order valence-corrected chi connectivity index (χ4v) is 1.84. The van der Waals surface area contributed by atoms with Gasteiger partial charge in [0.2, 0.25) is 0 Å². The molecular formula is C12H18N4. The Labute approximate surface area is 95.9 Å². The van der Waals surface area contributed by atoms with Gasteiger partial charge in [-0.2, -0.15) is 0 Å². The molecule has 4 heteroatoms. The zero-order valence-electron chi connectivity index (χ0n) is 10.1. The molecule has 0 atom stereocenters. The largest absolute Gasteiger partial charge is 0.327 e. The lowest BCUT2D eigenvalue weighted by atomic mass is 10.3. The van der Waals surface area contributed by atoms with Crippen molar-refractivity contribution in [1.82, 2.24) is 20.0 Å². The van der Waals surface area contributed by atoms with Crippen molar-refractivity contribution in [3.05, 3.63) is 30.1 Å². The Morgan fingerprint density at radius 1 is 1.31 bits per heavy atom. The number of rotatable bonds is 4. The van der Waals surface area contributed by atoms with Gasteiger partial charge in [-0.3, -0.25) is 5.01 Å². The quantitative estimate of drug-likeness (QED) is 0.792. The highest BCUT2D eigenvalue weighted by molar-refractivity contribution is 5.75. The summed E-state index contributed by atoms with van der Waals surface area (Å²) in [5.41, 5.74) is 5.53. The summed E-state index contributed by atoms with van der Waals surface area (Å²) in [6.07, 6.45) is 0. The molecule has 2 aromatic rings. The first kappa shape index (κ1) is 11.1. The van der Waals surface area contributed by atoms with Gasteiger partial charge in [0, 0.05) is 20.6 Å². The van der Waals surface area contributed by atoms with Crippen molar-refractivity contribution in [2.24, 2.45) is 0 Å². The van der Waals surface area contributed by atoms with Crippen molar-refractivity contribution in [3.8, 4) is 0 Å². The number of hydrazine groups is 1. The predicted octanol–water partition coefficient (Wildman–Crippen LogP) is 1.62. The SMILES string of the molecule is CCn1c(CNN(C)C)nc2ccccc21. The minimum atomic E-state index is 0.759. The van der Waals surface area contributed by atoms with Crippen LogP contribution in [-0.4, -0.2) is 28.7 Å². The van der Waals surface area contributed by atoms with Gasteiger partial charge in [-0.25, -0.2) is 10.4 Å². The van der Waals surface area contributed by atoms with Gasteiger partial charge in [-0.15, -0.1) is 0 Å². The van der Waals surface area contributed by atoms with Crippen LogP contribution in [0.1, 0.15) is 12.7 Å². The molecule has 0 aliphatic heterocycles. The molecule has 0 saturated heterocycles. The topological polar surface area (TPSA) is 33.1 Å². The minimum Gasteiger partial charge on any atom is -0.327 e. The van der Waals surface area contributed by atoms with Crippen LogP contribution in [0.2, 0.25) is 0 Å². The Kier molecular flexibility index (Phi) is 3.22. The van der Waals surface area contributed by atoms with Crippen LogP contribution >= 0.6 is 0 Å². The number of para-hydroxylation sites is 2. The third-order valence-electron chi connectivity index (χ3n) is 2.60. The van der Waals surface area contributed by atoms with E-state index in [1.807, 2.05) is 25.2 Å². The summed E-state index contributed by atoms with van der Waals surface area (Å²) >= 11 is 0. The van der Waals surface area contributed by atoms with Crippen molar-refractivity contribution in [3.63, 3.8) is 0 Å². The van der Waals surface area contributed by atoms with E-state index in [0.717, 1.165) is 24.4 Å². The van der Waals surface area contributed by atoms with E-state index in [9.17, 15) is 0 Å². The van der Waals surface area contributed by atoms with E-state index in [1.165, 1.54) is 5.52 Å². The Bertz CT molecular complexity index is 473. The predicted molar refractivity (Wildman–Crippen MR) is 65.9 cm³/mol. The summed E-state index contributed by atoms with van der Waals surface area (Å²) in [6.45, 7) is 3.85. The number of nitrogens with zero attached hydrogens (tertiary/aromatic N) is 3. The van der Waals surface area contributed by atoms with Crippen LogP contribution in [0.3, 0.4) is 0 Å². The zero-order valence-corrected chi connectivity index (χ0v) is 10.1. The molecule has 0 unspecified atom stereocenters. The third-order valence-corrected chi connectivity index (χ3v) is 2.60. The van der Waals surface area contributed by atoms with E-state index >= 15 is 0 Å². The average Bonchev–Trinajstić information content (AvgIpc) is 2.63. The van der Waals surface area contributed by atoms with Gasteiger partial charge in [0.1, 0.15) is 5.82 Å². The zero-order chi connectivity index (χ0) is 11.5. The van der Waals surface area contributed by atoms with Crippen LogP contribution in [0.5, 0.6) is 0 Å². The third kappa shape index (κ3) is 2.08. The molecule has 0 bridgehead atoms. The van der Waals surface area contributed by atoms with Crippen LogP contribution in [0, 0.1) is 0 Å². The summed E-state index contributed by atoms with van der Waals surface area (Å²) in [5, 5.41) is 1.94. The van der Waals surface area contributed by atoms with Crippen molar-refractivity contribution in [2.45, 2.75) is 20.0 Å². The lowest BCUT2D eigenvalue weighted by Gasteiger charge is -2.12. The van der Waals surface area contributed by atoms with Crippen molar-refractivity contribution in [2.75, 3.05) is 14.1 Å². The van der Waals surface area contributed by atoms with Gasteiger partial charge >= 0.3 is 0 Å². The molecule has 16 heavy (non-hydrogen) atoms. The summed E-state index contributed by atoms with van der Waals surface area (Å²) in [6, 6.07) is 8.25. The number of aryl methyl sites for hydroxylation is 1. The van der Waals surface area contributed by atoms with Gasteiger partial charge in [0.05, 0.1) is 17.6 Å². The van der Waals surface area contributed by atoms with Crippen molar-refractivity contribution >= 4 is 11.0 Å². The standard InChI is InChI=1S/C12H18N4/c1-4-16-11-8-6-5-7-10(11)14-12(16)9-13-15(2)3/h5-8,13H,4,9H2,1-3H3. The van der Waals surface area contributed by atoms with Crippen molar-refractivity contribution < 1.29 is 0 Å². The Hall–Kier alpha value is -1.39. The summed E-state index contributed by atoms with van der Waals surface area (Å²) in [7, 11) is 3.97. The first-order valence-corrected chi connectivity index (χ1v) is 5.57. The lowest BCUT2D eigenvalue weighted by molar-refractivity contribution is 0.280. The van der Waals surface area contributed by atoms with Crippen LogP contribution in [0.25, 0.3) is 11.0 Å². The van der Waals surface area contributed by atoms with E-state index in [-0.39, 0.29) is 0 Å². The van der Waals surface area contributed by atoms with Gasteiger partial charge in [-0.1, -0.05) is 12.1 Å². The molecule has 0 amide bonds. The van der Waals surface area contributed by atoms with Gasteiger partial charge in [0.25, 0.3) is 0 Å². The van der Waals surface area contributed by atoms with Crippen molar-refractivity contribution in [1.29, 1.82) is 0 Å². The van der Waals surface area contributed by atoms with Crippen LogP contribution < -0.4 is 5.43 Å². The Morgan fingerprint density at radius 3 is 2.75 bits per heavy atom. The lowest BCUT2D eigenvalue weighted by Crippen LogP contribution is -2.30. The van der Waals surface area contributed by atoms with Crippen LogP contribution in [0.15, 0.2) is 24.3 Å². The highest BCUT2D eigenvalue weighted by Crippen LogP contribution is 2.15. The fourth-order valence-electron chi connectivity index (χ4n) is 1.84. The number of aromatic nitrogens is 2. The number of hydrogen-bond acceptors (Lipinski definition) is 3. The molecule has 0 spiro atoms. The minimum absolute atomic E-state index is 0.759. The molecular weight excluding hydrogens is 200 g/mol. The molecule has 2 rings (SSSR count).